The Kier molecular flexibility index (Phi) is 6.40. The summed E-state index contributed by atoms with van der Waals surface area (Å²) >= 11 is 0. The molecule has 0 unspecified atom stereocenters. The van der Waals surface area contributed by atoms with Crippen molar-refractivity contribution in [1.82, 2.24) is 0 Å². The Labute approximate surface area is 184 Å². The predicted octanol–water partition coefficient (Wildman–Crippen LogP) is 8.77. The SMILES string of the molecule is C=Cc1cccc(-c2c(P3C(C)(C)CCCC3(C)C)ccc(C=C)c2C=C)c1C=C. The summed E-state index contributed by atoms with van der Waals surface area (Å²) in [6.45, 7) is 26.3. The zero-order valence-corrected chi connectivity index (χ0v) is 20.0. The number of rotatable bonds is 6. The highest BCUT2D eigenvalue weighted by atomic mass is 31.1. The summed E-state index contributed by atoms with van der Waals surface area (Å²) in [5.41, 5.74) is 7.07. The van der Waals surface area contributed by atoms with Crippen molar-refractivity contribution >= 4 is 37.5 Å². The lowest BCUT2D eigenvalue weighted by molar-refractivity contribution is 0.471. The minimum atomic E-state index is -0.411. The molecule has 0 atom stereocenters. The van der Waals surface area contributed by atoms with Gasteiger partial charge in [0.25, 0.3) is 0 Å². The Morgan fingerprint density at radius 2 is 1.30 bits per heavy atom. The summed E-state index contributed by atoms with van der Waals surface area (Å²) in [6.07, 6.45) is 11.7. The molecular formula is C29H35P. The van der Waals surface area contributed by atoms with Gasteiger partial charge in [0.05, 0.1) is 0 Å². The van der Waals surface area contributed by atoms with Gasteiger partial charge in [-0.15, -0.1) is 0 Å². The fraction of sp³-hybridized carbons (Fsp3) is 0.310. The zero-order valence-electron chi connectivity index (χ0n) is 19.1. The van der Waals surface area contributed by atoms with E-state index in [9.17, 15) is 0 Å². The average molecular weight is 415 g/mol. The summed E-state index contributed by atoms with van der Waals surface area (Å²) in [6, 6.07) is 11.1. The lowest BCUT2D eigenvalue weighted by atomic mass is 9.90. The molecule has 0 saturated carbocycles. The van der Waals surface area contributed by atoms with E-state index < -0.39 is 7.92 Å². The van der Waals surface area contributed by atoms with E-state index in [1.54, 1.807) is 0 Å². The second-order valence-corrected chi connectivity index (χ2v) is 13.0. The van der Waals surface area contributed by atoms with Crippen LogP contribution in [-0.2, 0) is 0 Å². The smallest absolute Gasteiger partial charge is 0.00220 e. The molecule has 1 aliphatic rings. The van der Waals surface area contributed by atoms with Crippen molar-refractivity contribution < 1.29 is 0 Å². The van der Waals surface area contributed by atoms with Crippen LogP contribution in [-0.4, -0.2) is 10.3 Å². The van der Waals surface area contributed by atoms with E-state index in [4.69, 9.17) is 0 Å². The Morgan fingerprint density at radius 3 is 1.83 bits per heavy atom. The molecule has 0 aliphatic carbocycles. The lowest BCUT2D eigenvalue weighted by Gasteiger charge is -2.51. The Morgan fingerprint density at radius 1 is 0.733 bits per heavy atom. The molecular weight excluding hydrogens is 379 g/mol. The number of benzene rings is 2. The van der Waals surface area contributed by atoms with Gasteiger partial charge in [-0.25, -0.2) is 0 Å². The van der Waals surface area contributed by atoms with Crippen LogP contribution < -0.4 is 5.30 Å². The molecule has 1 heteroatoms. The molecule has 2 aromatic rings. The van der Waals surface area contributed by atoms with E-state index in [-0.39, 0.29) is 10.3 Å². The van der Waals surface area contributed by atoms with Crippen LogP contribution in [0, 0.1) is 0 Å². The van der Waals surface area contributed by atoms with Crippen LogP contribution in [0.25, 0.3) is 35.4 Å². The molecule has 3 rings (SSSR count). The fourth-order valence-corrected chi connectivity index (χ4v) is 9.74. The summed E-state index contributed by atoms with van der Waals surface area (Å²) in [4.78, 5) is 0. The summed E-state index contributed by atoms with van der Waals surface area (Å²) in [7, 11) is -0.411. The van der Waals surface area contributed by atoms with Gasteiger partial charge in [0.15, 0.2) is 0 Å². The van der Waals surface area contributed by atoms with Crippen molar-refractivity contribution in [2.75, 3.05) is 0 Å². The molecule has 30 heavy (non-hydrogen) atoms. The van der Waals surface area contributed by atoms with Gasteiger partial charge in [0.1, 0.15) is 0 Å². The van der Waals surface area contributed by atoms with Gasteiger partial charge in [-0.1, -0.05) is 123 Å². The van der Waals surface area contributed by atoms with E-state index in [2.05, 4.69) is 84.3 Å². The maximum Gasteiger partial charge on any atom is -0.00220 e. The van der Waals surface area contributed by atoms with E-state index in [0.29, 0.717) is 0 Å². The highest BCUT2D eigenvalue weighted by molar-refractivity contribution is 7.69. The van der Waals surface area contributed by atoms with Gasteiger partial charge < -0.3 is 0 Å². The molecule has 0 bridgehead atoms. The molecule has 2 aromatic carbocycles. The van der Waals surface area contributed by atoms with Crippen molar-refractivity contribution in [2.45, 2.75) is 57.3 Å². The van der Waals surface area contributed by atoms with Crippen LogP contribution in [0.3, 0.4) is 0 Å². The monoisotopic (exact) mass is 414 g/mol. The minimum absolute atomic E-state index is 0.282. The van der Waals surface area contributed by atoms with E-state index in [1.807, 2.05) is 24.3 Å². The molecule has 1 saturated heterocycles. The second kappa shape index (κ2) is 8.52. The normalized spacial score (nSPS) is 17.9. The first-order chi connectivity index (χ1) is 14.2. The standard InChI is InChI=1S/C29H35P/c1-9-21-15-13-16-25(23(21)11-3)27-24(12-4)22(10-2)17-18-26(27)30-28(5,6)19-14-20-29(30,7)8/h9-13,15-18H,1-4,14,19-20H2,5-8H3. The first-order valence-electron chi connectivity index (χ1n) is 10.8. The van der Waals surface area contributed by atoms with Crippen molar-refractivity contribution in [1.29, 1.82) is 0 Å². The van der Waals surface area contributed by atoms with Gasteiger partial charge in [-0.3, -0.25) is 0 Å². The van der Waals surface area contributed by atoms with Gasteiger partial charge in [0, 0.05) is 0 Å². The van der Waals surface area contributed by atoms with Gasteiger partial charge in [-0.2, -0.15) is 0 Å². The van der Waals surface area contributed by atoms with Gasteiger partial charge in [0.2, 0.25) is 0 Å². The second-order valence-electron chi connectivity index (χ2n) is 9.40. The molecule has 0 radical (unpaired) electrons. The van der Waals surface area contributed by atoms with Crippen LogP contribution in [0.2, 0.25) is 0 Å². The zero-order chi connectivity index (χ0) is 22.1. The predicted molar refractivity (Wildman–Crippen MR) is 141 cm³/mol. The molecule has 156 valence electrons. The maximum atomic E-state index is 4.20. The van der Waals surface area contributed by atoms with Crippen LogP contribution in [0.5, 0.6) is 0 Å². The van der Waals surface area contributed by atoms with E-state index in [0.717, 1.165) is 16.7 Å². The lowest BCUT2D eigenvalue weighted by Crippen LogP contribution is -2.39. The van der Waals surface area contributed by atoms with E-state index in [1.165, 1.54) is 41.3 Å². The van der Waals surface area contributed by atoms with Crippen molar-refractivity contribution in [2.24, 2.45) is 0 Å². The molecule has 0 amide bonds. The molecule has 0 N–H and O–H groups in total. The molecule has 0 spiro atoms. The van der Waals surface area contributed by atoms with Crippen molar-refractivity contribution in [3.8, 4) is 11.1 Å². The molecule has 1 heterocycles. The third kappa shape index (κ3) is 3.79. The van der Waals surface area contributed by atoms with Crippen LogP contribution in [0.1, 0.15) is 69.2 Å². The maximum absolute atomic E-state index is 4.20. The first-order valence-corrected chi connectivity index (χ1v) is 12.2. The molecule has 1 aliphatic heterocycles. The topological polar surface area (TPSA) is 0 Å². The number of hydrogen-bond acceptors (Lipinski definition) is 0. The third-order valence-corrected chi connectivity index (χ3v) is 10.3. The highest BCUT2D eigenvalue weighted by Gasteiger charge is 2.45. The first kappa shape index (κ1) is 22.5. The molecule has 1 fully saturated rings. The molecule has 0 aromatic heterocycles. The van der Waals surface area contributed by atoms with Crippen LogP contribution in [0.4, 0.5) is 0 Å². The van der Waals surface area contributed by atoms with Gasteiger partial charge in [-0.05, 0) is 61.8 Å². The quantitative estimate of drug-likeness (QED) is 0.414. The summed E-state index contributed by atoms with van der Waals surface area (Å²) < 4.78 is 0. The van der Waals surface area contributed by atoms with Crippen LogP contribution >= 0.6 is 7.92 Å². The summed E-state index contributed by atoms with van der Waals surface area (Å²) in [5.74, 6) is 0. The fourth-order valence-electron chi connectivity index (χ4n) is 5.35. The number of hydrogen-bond donors (Lipinski definition) is 0. The van der Waals surface area contributed by atoms with E-state index >= 15 is 0 Å². The Hall–Kier alpha value is -2.17. The van der Waals surface area contributed by atoms with Crippen LogP contribution in [0.15, 0.2) is 56.6 Å². The Bertz CT molecular complexity index is 987. The third-order valence-electron chi connectivity index (χ3n) is 6.54. The minimum Gasteiger partial charge on any atom is -0.0984 e. The highest BCUT2D eigenvalue weighted by Crippen LogP contribution is 2.66. The van der Waals surface area contributed by atoms with Gasteiger partial charge >= 0.3 is 0 Å². The largest absolute Gasteiger partial charge is 0.0984 e. The van der Waals surface area contributed by atoms with Crippen molar-refractivity contribution in [3.63, 3.8) is 0 Å². The Balaban J connectivity index is 2.46. The molecule has 0 nitrogen and oxygen atoms in total. The summed E-state index contributed by atoms with van der Waals surface area (Å²) in [5, 5.41) is 2.04. The average Bonchev–Trinajstić information content (AvgIpc) is 2.71. The van der Waals surface area contributed by atoms with Crippen molar-refractivity contribution in [3.05, 3.63) is 78.9 Å².